The Morgan fingerprint density at radius 1 is 1.44 bits per heavy atom. The molecule has 0 bridgehead atoms. The number of rotatable bonds is 2. The van der Waals surface area contributed by atoms with Gasteiger partial charge in [-0.2, -0.15) is 0 Å². The number of hydrogen-bond donors (Lipinski definition) is 2. The number of thioether (sulfide) groups is 1. The van der Waals surface area contributed by atoms with E-state index in [1.54, 1.807) is 6.92 Å². The molecule has 0 aliphatic carbocycles. The standard InChI is InChI=1S/C12H14O3S/c1-12(15)7-9(16-10(12)11(13)14)8-5-3-2-4-6-8/h2-6,9-10,15H,7H2,1H3,(H,13,14)/t9-,10+,12+/m1/s1. The molecule has 1 aliphatic rings. The summed E-state index contributed by atoms with van der Waals surface area (Å²) in [4.78, 5) is 11.0. The van der Waals surface area contributed by atoms with E-state index in [0.29, 0.717) is 6.42 Å². The summed E-state index contributed by atoms with van der Waals surface area (Å²) in [6, 6.07) is 9.73. The van der Waals surface area contributed by atoms with Crippen molar-refractivity contribution >= 4 is 17.7 Å². The van der Waals surface area contributed by atoms with Crippen LogP contribution >= 0.6 is 11.8 Å². The lowest BCUT2D eigenvalue weighted by molar-refractivity contribution is -0.140. The number of carboxylic acids is 1. The fourth-order valence-electron chi connectivity index (χ4n) is 2.03. The fourth-order valence-corrected chi connectivity index (χ4v) is 3.61. The maximum atomic E-state index is 11.0. The van der Waals surface area contributed by atoms with Crippen LogP contribution in [0.3, 0.4) is 0 Å². The van der Waals surface area contributed by atoms with Crippen molar-refractivity contribution in [1.82, 2.24) is 0 Å². The van der Waals surface area contributed by atoms with Crippen molar-refractivity contribution in [2.75, 3.05) is 0 Å². The van der Waals surface area contributed by atoms with Gasteiger partial charge in [-0.3, -0.25) is 4.79 Å². The molecule has 2 rings (SSSR count). The third-order valence-electron chi connectivity index (χ3n) is 2.86. The average Bonchev–Trinajstić information content (AvgIpc) is 2.56. The molecule has 1 aromatic rings. The summed E-state index contributed by atoms with van der Waals surface area (Å²) >= 11 is 1.33. The van der Waals surface area contributed by atoms with E-state index in [0.717, 1.165) is 5.56 Å². The summed E-state index contributed by atoms with van der Waals surface area (Å²) in [5.41, 5.74) is -0.0479. The molecule has 4 heteroatoms. The molecule has 0 amide bonds. The summed E-state index contributed by atoms with van der Waals surface area (Å²) in [5.74, 6) is -0.937. The Morgan fingerprint density at radius 3 is 2.56 bits per heavy atom. The predicted molar refractivity (Wildman–Crippen MR) is 63.4 cm³/mol. The van der Waals surface area contributed by atoms with E-state index in [1.807, 2.05) is 30.3 Å². The summed E-state index contributed by atoms with van der Waals surface area (Å²) in [7, 11) is 0. The van der Waals surface area contributed by atoms with Crippen LogP contribution in [0.4, 0.5) is 0 Å². The second kappa shape index (κ2) is 4.11. The molecule has 1 heterocycles. The summed E-state index contributed by atoms with van der Waals surface area (Å²) in [6.07, 6.45) is 0.485. The van der Waals surface area contributed by atoms with Gasteiger partial charge < -0.3 is 10.2 Å². The Hall–Kier alpha value is -1.00. The maximum Gasteiger partial charge on any atom is 0.319 e. The zero-order valence-electron chi connectivity index (χ0n) is 8.96. The SMILES string of the molecule is C[C@]1(O)C[C@H](c2ccccc2)S[C@H]1C(=O)O. The fraction of sp³-hybridized carbons (Fsp3) is 0.417. The summed E-state index contributed by atoms with van der Waals surface area (Å²) in [6.45, 7) is 1.60. The highest BCUT2D eigenvalue weighted by Gasteiger charge is 2.47. The predicted octanol–water partition coefficient (Wildman–Crippen LogP) is 2.07. The van der Waals surface area contributed by atoms with Crippen molar-refractivity contribution in [1.29, 1.82) is 0 Å². The molecular weight excluding hydrogens is 224 g/mol. The van der Waals surface area contributed by atoms with Crippen LogP contribution in [-0.4, -0.2) is 27.0 Å². The number of hydrogen-bond acceptors (Lipinski definition) is 3. The average molecular weight is 238 g/mol. The van der Waals surface area contributed by atoms with Gasteiger partial charge in [0.15, 0.2) is 0 Å². The van der Waals surface area contributed by atoms with Gasteiger partial charge >= 0.3 is 5.97 Å². The lowest BCUT2D eigenvalue weighted by atomic mass is 9.94. The van der Waals surface area contributed by atoms with Crippen LogP contribution in [0, 0.1) is 0 Å². The Balaban J connectivity index is 2.21. The first-order chi connectivity index (χ1) is 7.50. The van der Waals surface area contributed by atoms with Gasteiger partial charge in [0.1, 0.15) is 5.25 Å². The minimum Gasteiger partial charge on any atom is -0.480 e. The first kappa shape index (κ1) is 11.5. The minimum absolute atomic E-state index is 0.0669. The quantitative estimate of drug-likeness (QED) is 0.828. The molecule has 0 spiro atoms. The van der Waals surface area contributed by atoms with Crippen molar-refractivity contribution in [3.63, 3.8) is 0 Å². The lowest BCUT2D eigenvalue weighted by Gasteiger charge is -2.20. The van der Waals surface area contributed by atoms with Crippen LogP contribution < -0.4 is 0 Å². The summed E-state index contributed by atoms with van der Waals surface area (Å²) < 4.78 is 0. The topological polar surface area (TPSA) is 57.5 Å². The highest BCUT2D eigenvalue weighted by atomic mass is 32.2. The molecule has 0 unspecified atom stereocenters. The zero-order valence-corrected chi connectivity index (χ0v) is 9.78. The van der Waals surface area contributed by atoms with Crippen LogP contribution in [0.15, 0.2) is 30.3 Å². The third-order valence-corrected chi connectivity index (χ3v) is 4.61. The molecule has 3 atom stereocenters. The van der Waals surface area contributed by atoms with Gasteiger partial charge in [-0.05, 0) is 18.9 Å². The van der Waals surface area contributed by atoms with Gasteiger partial charge in [-0.1, -0.05) is 30.3 Å². The van der Waals surface area contributed by atoms with Gasteiger partial charge in [0.2, 0.25) is 0 Å². The smallest absolute Gasteiger partial charge is 0.319 e. The molecular formula is C12H14O3S. The molecule has 1 saturated heterocycles. The molecule has 0 saturated carbocycles. The van der Waals surface area contributed by atoms with Crippen LogP contribution in [0.25, 0.3) is 0 Å². The number of aliphatic carboxylic acids is 1. The molecule has 86 valence electrons. The third kappa shape index (κ3) is 2.08. The second-order valence-electron chi connectivity index (χ2n) is 4.31. The molecule has 1 aromatic carbocycles. The van der Waals surface area contributed by atoms with Crippen LogP contribution in [0.2, 0.25) is 0 Å². The highest BCUT2D eigenvalue weighted by molar-refractivity contribution is 8.01. The molecule has 0 radical (unpaired) electrons. The van der Waals surface area contributed by atoms with E-state index in [-0.39, 0.29) is 5.25 Å². The highest BCUT2D eigenvalue weighted by Crippen LogP contribution is 2.50. The number of carbonyl (C=O) groups is 1. The van der Waals surface area contributed by atoms with Crippen LogP contribution in [0.1, 0.15) is 24.2 Å². The van der Waals surface area contributed by atoms with Gasteiger partial charge in [-0.15, -0.1) is 11.8 Å². The van der Waals surface area contributed by atoms with Gasteiger partial charge in [0.25, 0.3) is 0 Å². The lowest BCUT2D eigenvalue weighted by Crippen LogP contribution is -2.38. The van der Waals surface area contributed by atoms with Crippen molar-refractivity contribution in [3.05, 3.63) is 35.9 Å². The molecule has 2 N–H and O–H groups in total. The summed E-state index contributed by atoms with van der Waals surface area (Å²) in [5, 5.41) is 18.4. The Bertz CT molecular complexity index is 389. The van der Waals surface area contributed by atoms with E-state index >= 15 is 0 Å². The van der Waals surface area contributed by atoms with Gasteiger partial charge in [0.05, 0.1) is 5.60 Å². The minimum atomic E-state index is -1.13. The molecule has 16 heavy (non-hydrogen) atoms. The van der Waals surface area contributed by atoms with Crippen molar-refractivity contribution in [2.45, 2.75) is 29.4 Å². The van der Waals surface area contributed by atoms with Gasteiger partial charge in [-0.25, -0.2) is 0 Å². The van der Waals surface area contributed by atoms with Crippen LogP contribution in [-0.2, 0) is 4.79 Å². The number of carboxylic acid groups (broad SMARTS) is 1. The molecule has 0 aromatic heterocycles. The molecule has 1 aliphatic heterocycles. The van der Waals surface area contributed by atoms with E-state index in [9.17, 15) is 9.90 Å². The number of benzene rings is 1. The Labute approximate surface area is 98.5 Å². The van der Waals surface area contributed by atoms with Crippen molar-refractivity contribution in [2.24, 2.45) is 0 Å². The molecule has 3 nitrogen and oxygen atoms in total. The van der Waals surface area contributed by atoms with E-state index in [1.165, 1.54) is 11.8 Å². The van der Waals surface area contributed by atoms with Gasteiger partial charge in [0, 0.05) is 5.25 Å². The zero-order chi connectivity index (χ0) is 11.8. The maximum absolute atomic E-state index is 11.0. The normalized spacial score (nSPS) is 33.9. The van der Waals surface area contributed by atoms with E-state index < -0.39 is 16.8 Å². The monoisotopic (exact) mass is 238 g/mol. The first-order valence-electron chi connectivity index (χ1n) is 5.16. The Morgan fingerprint density at radius 2 is 2.06 bits per heavy atom. The number of aliphatic hydroxyl groups is 1. The second-order valence-corrected chi connectivity index (χ2v) is 5.63. The molecule has 1 fully saturated rings. The van der Waals surface area contributed by atoms with Crippen molar-refractivity contribution < 1.29 is 15.0 Å². The first-order valence-corrected chi connectivity index (χ1v) is 6.10. The van der Waals surface area contributed by atoms with Crippen LogP contribution in [0.5, 0.6) is 0 Å². The van der Waals surface area contributed by atoms with Crippen molar-refractivity contribution in [3.8, 4) is 0 Å². The Kier molecular flexibility index (Phi) is 2.95. The van der Waals surface area contributed by atoms with E-state index in [4.69, 9.17) is 5.11 Å². The largest absolute Gasteiger partial charge is 0.480 e. The van der Waals surface area contributed by atoms with E-state index in [2.05, 4.69) is 0 Å².